The van der Waals surface area contributed by atoms with Gasteiger partial charge in [-0.3, -0.25) is 0 Å². The average molecular weight is 344 g/mol. The lowest BCUT2D eigenvalue weighted by molar-refractivity contribution is 0.0109. The fraction of sp³-hybridized carbons (Fsp3) is 0.400. The predicted molar refractivity (Wildman–Crippen MR) is 96.8 cm³/mol. The van der Waals surface area contributed by atoms with Crippen LogP contribution in [0.15, 0.2) is 48.5 Å². The van der Waals surface area contributed by atoms with Crippen LogP contribution in [-0.4, -0.2) is 24.4 Å². The Labute approximate surface area is 147 Å². The Bertz CT molecular complexity index is 701. The molecule has 3 fully saturated rings. The SMILES string of the molecule is COc1ccc(N2[C@H]3CC[C@H]([C@@H](O)C3)[C@@H]2c2ccc(Cl)cc2)cc1. The Kier molecular flexibility index (Phi) is 4.15. The number of aliphatic hydroxyl groups excluding tert-OH is 1. The molecule has 2 heterocycles. The van der Waals surface area contributed by atoms with E-state index in [9.17, 15) is 5.11 Å². The maximum Gasteiger partial charge on any atom is 0.119 e. The van der Waals surface area contributed by atoms with E-state index in [1.165, 1.54) is 11.3 Å². The van der Waals surface area contributed by atoms with Gasteiger partial charge in [-0.2, -0.15) is 0 Å². The first kappa shape index (κ1) is 15.8. The van der Waals surface area contributed by atoms with E-state index >= 15 is 0 Å². The number of aliphatic hydroxyl groups is 1. The Hall–Kier alpha value is -1.71. The Morgan fingerprint density at radius 3 is 2.38 bits per heavy atom. The van der Waals surface area contributed by atoms with Crippen molar-refractivity contribution in [3.8, 4) is 5.75 Å². The molecule has 1 saturated carbocycles. The Balaban J connectivity index is 1.75. The van der Waals surface area contributed by atoms with E-state index in [2.05, 4.69) is 29.2 Å². The quantitative estimate of drug-likeness (QED) is 0.894. The lowest BCUT2D eigenvalue weighted by Gasteiger charge is -2.55. The van der Waals surface area contributed by atoms with Crippen LogP contribution in [0.5, 0.6) is 5.75 Å². The van der Waals surface area contributed by atoms with Gasteiger partial charge in [0.05, 0.1) is 19.3 Å². The lowest BCUT2D eigenvalue weighted by Crippen LogP contribution is -2.56. The van der Waals surface area contributed by atoms with E-state index in [0.29, 0.717) is 6.04 Å². The van der Waals surface area contributed by atoms with Gasteiger partial charge in [-0.05, 0) is 61.2 Å². The van der Waals surface area contributed by atoms with Crippen LogP contribution in [-0.2, 0) is 0 Å². The summed E-state index contributed by atoms with van der Waals surface area (Å²) in [4.78, 5) is 2.49. The van der Waals surface area contributed by atoms with Gasteiger partial charge in [0.25, 0.3) is 0 Å². The predicted octanol–water partition coefficient (Wildman–Crippen LogP) is 4.44. The van der Waals surface area contributed by atoms with Crippen LogP contribution in [0.3, 0.4) is 0 Å². The van der Waals surface area contributed by atoms with Gasteiger partial charge in [-0.15, -0.1) is 0 Å². The molecule has 126 valence electrons. The molecule has 3 nitrogen and oxygen atoms in total. The average Bonchev–Trinajstić information content (AvgIpc) is 2.62. The first-order valence-corrected chi connectivity index (χ1v) is 8.91. The summed E-state index contributed by atoms with van der Waals surface area (Å²) in [6, 6.07) is 16.9. The molecule has 2 saturated heterocycles. The van der Waals surface area contributed by atoms with Crippen LogP contribution in [0.2, 0.25) is 5.02 Å². The van der Waals surface area contributed by atoms with E-state index in [0.717, 1.165) is 30.0 Å². The second-order valence-electron chi connectivity index (χ2n) is 6.80. The zero-order valence-electron chi connectivity index (χ0n) is 13.7. The monoisotopic (exact) mass is 343 g/mol. The number of benzene rings is 2. The first-order chi connectivity index (χ1) is 11.7. The molecule has 2 aromatic rings. The molecular weight excluding hydrogens is 322 g/mol. The number of piperidine rings is 2. The molecule has 1 aliphatic carbocycles. The number of rotatable bonds is 3. The Morgan fingerprint density at radius 1 is 1.04 bits per heavy atom. The van der Waals surface area contributed by atoms with E-state index in [-0.39, 0.29) is 18.1 Å². The lowest BCUT2D eigenvalue weighted by atomic mass is 9.70. The van der Waals surface area contributed by atoms with E-state index < -0.39 is 0 Å². The summed E-state index contributed by atoms with van der Waals surface area (Å²) in [6.45, 7) is 0. The van der Waals surface area contributed by atoms with Crippen LogP contribution >= 0.6 is 11.6 Å². The third kappa shape index (κ3) is 2.66. The molecule has 1 N–H and O–H groups in total. The maximum atomic E-state index is 10.6. The van der Waals surface area contributed by atoms with Gasteiger partial charge in [0.1, 0.15) is 5.75 Å². The minimum absolute atomic E-state index is 0.193. The maximum absolute atomic E-state index is 10.6. The molecule has 4 atom stereocenters. The standard InChI is InChI=1S/C20H22ClNO2/c1-24-17-9-6-15(7-10-17)22-16-8-11-18(19(23)12-16)20(22)13-2-4-14(21)5-3-13/h2-7,9-10,16,18-20,23H,8,11-12H2,1H3/t16-,18+,19-,20-/m0/s1. The summed E-state index contributed by atoms with van der Waals surface area (Å²) in [5, 5.41) is 11.3. The molecule has 24 heavy (non-hydrogen) atoms. The molecule has 5 rings (SSSR count). The van der Waals surface area contributed by atoms with E-state index in [1.807, 2.05) is 24.3 Å². The molecule has 0 aromatic heterocycles. The van der Waals surface area contributed by atoms with Gasteiger partial charge in [-0.1, -0.05) is 23.7 Å². The highest BCUT2D eigenvalue weighted by atomic mass is 35.5. The van der Waals surface area contributed by atoms with Crippen LogP contribution in [0.25, 0.3) is 0 Å². The van der Waals surface area contributed by atoms with Gasteiger partial charge in [0.15, 0.2) is 0 Å². The number of halogens is 1. The van der Waals surface area contributed by atoms with E-state index in [4.69, 9.17) is 16.3 Å². The minimum atomic E-state index is -0.223. The van der Waals surface area contributed by atoms with Crippen molar-refractivity contribution in [3.05, 3.63) is 59.1 Å². The molecule has 2 bridgehead atoms. The number of fused-ring (bicyclic) bond motifs is 3. The van der Waals surface area contributed by atoms with Crippen LogP contribution in [0, 0.1) is 5.92 Å². The van der Waals surface area contributed by atoms with Gasteiger partial charge in [-0.25, -0.2) is 0 Å². The summed E-state index contributed by atoms with van der Waals surface area (Å²) < 4.78 is 5.29. The van der Waals surface area contributed by atoms with Crippen LogP contribution < -0.4 is 9.64 Å². The fourth-order valence-corrected chi connectivity index (χ4v) is 4.52. The van der Waals surface area contributed by atoms with Crippen molar-refractivity contribution in [3.63, 3.8) is 0 Å². The van der Waals surface area contributed by atoms with Crippen molar-refractivity contribution in [2.75, 3.05) is 12.0 Å². The number of nitrogens with zero attached hydrogens (tertiary/aromatic N) is 1. The molecule has 4 heteroatoms. The fourth-order valence-electron chi connectivity index (χ4n) is 4.40. The Morgan fingerprint density at radius 2 is 1.75 bits per heavy atom. The summed E-state index contributed by atoms with van der Waals surface area (Å²) in [5.74, 6) is 1.13. The van der Waals surface area contributed by atoms with Crippen molar-refractivity contribution in [2.45, 2.75) is 37.5 Å². The summed E-state index contributed by atoms with van der Waals surface area (Å²) in [5.41, 5.74) is 2.42. The van der Waals surface area contributed by atoms with Gasteiger partial charge in [0, 0.05) is 22.7 Å². The number of hydrogen-bond acceptors (Lipinski definition) is 3. The topological polar surface area (TPSA) is 32.7 Å². The van der Waals surface area contributed by atoms with Gasteiger partial charge >= 0.3 is 0 Å². The summed E-state index contributed by atoms with van der Waals surface area (Å²) >= 11 is 6.07. The number of ether oxygens (including phenoxy) is 1. The van der Waals surface area contributed by atoms with Crippen molar-refractivity contribution < 1.29 is 9.84 Å². The second kappa shape index (κ2) is 6.30. The molecule has 0 amide bonds. The smallest absolute Gasteiger partial charge is 0.119 e. The molecule has 3 aliphatic rings. The first-order valence-electron chi connectivity index (χ1n) is 8.53. The van der Waals surface area contributed by atoms with Gasteiger partial charge < -0.3 is 14.7 Å². The molecule has 2 aliphatic heterocycles. The second-order valence-corrected chi connectivity index (χ2v) is 7.24. The largest absolute Gasteiger partial charge is 0.497 e. The van der Waals surface area contributed by atoms with Crippen molar-refractivity contribution in [2.24, 2.45) is 5.92 Å². The normalized spacial score (nSPS) is 28.9. The molecule has 0 radical (unpaired) electrons. The molecule has 0 unspecified atom stereocenters. The summed E-state index contributed by atoms with van der Waals surface area (Å²) in [7, 11) is 1.69. The minimum Gasteiger partial charge on any atom is -0.497 e. The van der Waals surface area contributed by atoms with Crippen LogP contribution in [0.4, 0.5) is 5.69 Å². The highest BCUT2D eigenvalue weighted by molar-refractivity contribution is 6.30. The highest BCUT2D eigenvalue weighted by Gasteiger charge is 2.47. The highest BCUT2D eigenvalue weighted by Crippen LogP contribution is 2.49. The number of methoxy groups -OCH3 is 1. The number of anilines is 1. The van der Waals surface area contributed by atoms with Gasteiger partial charge in [0.2, 0.25) is 0 Å². The molecular formula is C20H22ClNO2. The summed E-state index contributed by atoms with van der Waals surface area (Å²) in [6.07, 6.45) is 2.84. The van der Waals surface area contributed by atoms with Crippen molar-refractivity contribution in [1.29, 1.82) is 0 Å². The molecule has 2 aromatic carbocycles. The van der Waals surface area contributed by atoms with Crippen molar-refractivity contribution in [1.82, 2.24) is 0 Å². The third-order valence-electron chi connectivity index (χ3n) is 5.52. The third-order valence-corrected chi connectivity index (χ3v) is 5.77. The van der Waals surface area contributed by atoms with Crippen LogP contribution in [0.1, 0.15) is 30.9 Å². The zero-order chi connectivity index (χ0) is 16.7. The van der Waals surface area contributed by atoms with Crippen molar-refractivity contribution >= 4 is 17.3 Å². The number of hydrogen-bond donors (Lipinski definition) is 1. The zero-order valence-corrected chi connectivity index (χ0v) is 14.5. The molecule has 0 spiro atoms. The van der Waals surface area contributed by atoms with E-state index in [1.54, 1.807) is 7.11 Å².